The second kappa shape index (κ2) is 9.65. The lowest BCUT2D eigenvalue weighted by atomic mass is 10.1. The highest BCUT2D eigenvalue weighted by atomic mass is 32.2. The number of amides is 1. The second-order valence-corrected chi connectivity index (χ2v) is 8.18. The Hall–Kier alpha value is -3.33. The molecule has 0 unspecified atom stereocenters. The maximum atomic E-state index is 12.6. The van der Waals surface area contributed by atoms with E-state index in [1.807, 2.05) is 57.2 Å². The topological polar surface area (TPSA) is 112 Å². The molecule has 3 aromatic rings. The van der Waals surface area contributed by atoms with Crippen molar-refractivity contribution >= 4 is 23.4 Å². The Morgan fingerprint density at radius 3 is 2.39 bits per heavy atom. The minimum Gasteiger partial charge on any atom is -0.497 e. The lowest BCUT2D eigenvalue weighted by molar-refractivity contribution is -0.113. The van der Waals surface area contributed by atoms with Gasteiger partial charge in [-0.05, 0) is 49.6 Å². The first-order valence-electron chi connectivity index (χ1n) is 9.65. The SMILES string of the molecule is COc1ccc(Cc2nnc(SCC(=O)Nc3c(C)cc(C)cc3C)n(N)c2=O)cc1. The van der Waals surface area contributed by atoms with Crippen LogP contribution in [-0.2, 0) is 11.2 Å². The second-order valence-electron chi connectivity index (χ2n) is 7.24. The van der Waals surface area contributed by atoms with E-state index in [0.29, 0.717) is 6.42 Å². The number of carbonyl (C=O) groups excluding carboxylic acids is 1. The first-order chi connectivity index (χ1) is 14.8. The number of ether oxygens (including phenoxy) is 1. The zero-order chi connectivity index (χ0) is 22.5. The van der Waals surface area contributed by atoms with Gasteiger partial charge in [0.05, 0.1) is 12.9 Å². The van der Waals surface area contributed by atoms with Crippen molar-refractivity contribution in [2.75, 3.05) is 24.0 Å². The fraction of sp³-hybridized carbons (Fsp3) is 0.273. The van der Waals surface area contributed by atoms with Crippen molar-refractivity contribution in [3.63, 3.8) is 0 Å². The van der Waals surface area contributed by atoms with Gasteiger partial charge >= 0.3 is 0 Å². The Balaban J connectivity index is 1.66. The number of anilines is 1. The molecule has 3 rings (SSSR count). The first kappa shape index (κ1) is 22.4. The molecule has 9 heteroatoms. The fourth-order valence-electron chi connectivity index (χ4n) is 3.25. The summed E-state index contributed by atoms with van der Waals surface area (Å²) in [7, 11) is 1.59. The summed E-state index contributed by atoms with van der Waals surface area (Å²) in [5.74, 6) is 6.48. The molecule has 1 amide bonds. The van der Waals surface area contributed by atoms with Crippen LogP contribution in [0.15, 0.2) is 46.3 Å². The average Bonchev–Trinajstić information content (AvgIpc) is 2.74. The summed E-state index contributed by atoms with van der Waals surface area (Å²) in [6, 6.07) is 11.3. The first-order valence-corrected chi connectivity index (χ1v) is 10.6. The van der Waals surface area contributed by atoms with Crippen molar-refractivity contribution < 1.29 is 9.53 Å². The molecule has 0 aliphatic carbocycles. The third kappa shape index (κ3) is 5.43. The number of rotatable bonds is 7. The van der Waals surface area contributed by atoms with Gasteiger partial charge in [0.15, 0.2) is 0 Å². The monoisotopic (exact) mass is 439 g/mol. The summed E-state index contributed by atoms with van der Waals surface area (Å²) in [6.45, 7) is 5.92. The molecule has 31 heavy (non-hydrogen) atoms. The lowest BCUT2D eigenvalue weighted by Crippen LogP contribution is -2.34. The van der Waals surface area contributed by atoms with Crippen molar-refractivity contribution in [3.05, 3.63) is 74.7 Å². The Morgan fingerprint density at radius 1 is 1.13 bits per heavy atom. The van der Waals surface area contributed by atoms with E-state index in [0.717, 1.165) is 50.1 Å². The van der Waals surface area contributed by atoms with Gasteiger partial charge in [0.2, 0.25) is 11.1 Å². The van der Waals surface area contributed by atoms with E-state index in [9.17, 15) is 9.59 Å². The minimum atomic E-state index is -0.445. The molecule has 0 aliphatic rings. The van der Waals surface area contributed by atoms with E-state index in [-0.39, 0.29) is 22.5 Å². The Morgan fingerprint density at radius 2 is 1.77 bits per heavy atom. The van der Waals surface area contributed by atoms with Gasteiger partial charge < -0.3 is 15.9 Å². The molecule has 162 valence electrons. The molecule has 0 radical (unpaired) electrons. The molecule has 0 spiro atoms. The third-order valence-corrected chi connectivity index (χ3v) is 5.68. The number of nitrogens with two attached hydrogens (primary N) is 1. The molecule has 1 aromatic heterocycles. The Kier molecular flexibility index (Phi) is 6.96. The molecule has 0 saturated carbocycles. The number of aromatic nitrogens is 3. The highest BCUT2D eigenvalue weighted by Crippen LogP contribution is 2.22. The Labute approximate surface area is 184 Å². The molecule has 0 atom stereocenters. The van der Waals surface area contributed by atoms with E-state index in [4.69, 9.17) is 10.6 Å². The van der Waals surface area contributed by atoms with Gasteiger partial charge in [-0.25, -0.2) is 0 Å². The van der Waals surface area contributed by atoms with Gasteiger partial charge in [0, 0.05) is 12.1 Å². The lowest BCUT2D eigenvalue weighted by Gasteiger charge is -2.13. The zero-order valence-electron chi connectivity index (χ0n) is 17.9. The van der Waals surface area contributed by atoms with Crippen molar-refractivity contribution in [1.29, 1.82) is 0 Å². The number of benzene rings is 2. The largest absolute Gasteiger partial charge is 0.497 e. The molecule has 3 N–H and O–H groups in total. The van der Waals surface area contributed by atoms with E-state index in [1.165, 1.54) is 0 Å². The number of hydrogen-bond acceptors (Lipinski definition) is 7. The van der Waals surface area contributed by atoms with Crippen LogP contribution in [0.25, 0.3) is 0 Å². The van der Waals surface area contributed by atoms with Crippen LogP contribution in [0.1, 0.15) is 27.9 Å². The predicted octanol–water partition coefficient (Wildman–Crippen LogP) is 2.61. The van der Waals surface area contributed by atoms with Gasteiger partial charge in [-0.1, -0.05) is 41.6 Å². The van der Waals surface area contributed by atoms with Gasteiger partial charge in [-0.3, -0.25) is 9.59 Å². The van der Waals surface area contributed by atoms with Crippen LogP contribution in [0, 0.1) is 20.8 Å². The van der Waals surface area contributed by atoms with Crippen LogP contribution < -0.4 is 21.5 Å². The average molecular weight is 440 g/mol. The summed E-state index contributed by atoms with van der Waals surface area (Å²) >= 11 is 1.06. The molecular weight excluding hydrogens is 414 g/mol. The summed E-state index contributed by atoms with van der Waals surface area (Å²) in [5, 5.41) is 11.2. The van der Waals surface area contributed by atoms with Crippen LogP contribution in [0.3, 0.4) is 0 Å². The van der Waals surface area contributed by atoms with Crippen molar-refractivity contribution in [1.82, 2.24) is 14.9 Å². The smallest absolute Gasteiger partial charge is 0.294 e. The Bertz CT molecular complexity index is 1140. The number of thioether (sulfide) groups is 1. The highest BCUT2D eigenvalue weighted by molar-refractivity contribution is 7.99. The summed E-state index contributed by atoms with van der Waals surface area (Å²) < 4.78 is 6.07. The molecule has 8 nitrogen and oxygen atoms in total. The molecule has 0 saturated heterocycles. The maximum Gasteiger partial charge on any atom is 0.294 e. The maximum absolute atomic E-state index is 12.6. The van der Waals surface area contributed by atoms with Crippen molar-refractivity contribution in [2.24, 2.45) is 0 Å². The molecule has 1 heterocycles. The van der Waals surface area contributed by atoms with Gasteiger partial charge in [-0.15, -0.1) is 10.2 Å². The van der Waals surface area contributed by atoms with Crippen LogP contribution >= 0.6 is 11.8 Å². The quantitative estimate of drug-likeness (QED) is 0.430. The number of aryl methyl sites for hydroxylation is 3. The molecule has 0 aliphatic heterocycles. The van der Waals surface area contributed by atoms with Gasteiger partial charge in [0.1, 0.15) is 11.4 Å². The minimum absolute atomic E-state index is 0.0515. The van der Waals surface area contributed by atoms with Gasteiger partial charge in [-0.2, -0.15) is 4.68 Å². The number of nitrogens with zero attached hydrogens (tertiary/aromatic N) is 3. The van der Waals surface area contributed by atoms with Crippen LogP contribution in [0.5, 0.6) is 5.75 Å². The van der Waals surface area contributed by atoms with E-state index >= 15 is 0 Å². The summed E-state index contributed by atoms with van der Waals surface area (Å²) in [6.07, 6.45) is 0.296. The summed E-state index contributed by atoms with van der Waals surface area (Å²) in [4.78, 5) is 25.0. The van der Waals surface area contributed by atoms with E-state index in [1.54, 1.807) is 7.11 Å². The molecular formula is C22H25N5O3S. The molecule has 0 bridgehead atoms. The number of hydrogen-bond donors (Lipinski definition) is 2. The van der Waals surface area contributed by atoms with Crippen LogP contribution in [0.4, 0.5) is 5.69 Å². The number of carbonyl (C=O) groups is 1. The number of nitrogen functional groups attached to an aromatic ring is 1. The molecule has 0 fully saturated rings. The number of methoxy groups -OCH3 is 1. The normalized spacial score (nSPS) is 10.7. The molecule has 2 aromatic carbocycles. The zero-order valence-corrected chi connectivity index (χ0v) is 18.7. The fourth-order valence-corrected chi connectivity index (χ4v) is 3.90. The third-order valence-electron chi connectivity index (χ3n) is 4.73. The standard InChI is InChI=1S/C22H25N5O3S/c1-13-9-14(2)20(15(3)10-13)24-19(28)12-31-22-26-25-18(21(29)27(22)23)11-16-5-7-17(30-4)8-6-16/h5-10H,11-12,23H2,1-4H3,(H,24,28). The van der Waals surface area contributed by atoms with Crippen LogP contribution in [-0.4, -0.2) is 33.6 Å². The number of nitrogens with one attached hydrogen (secondary N) is 1. The highest BCUT2D eigenvalue weighted by Gasteiger charge is 2.14. The van der Waals surface area contributed by atoms with Gasteiger partial charge in [0.25, 0.3) is 5.56 Å². The van der Waals surface area contributed by atoms with Crippen LogP contribution in [0.2, 0.25) is 0 Å². The van der Waals surface area contributed by atoms with Crippen molar-refractivity contribution in [2.45, 2.75) is 32.3 Å². The van der Waals surface area contributed by atoms with Crippen molar-refractivity contribution in [3.8, 4) is 5.75 Å². The van der Waals surface area contributed by atoms with E-state index in [2.05, 4.69) is 15.5 Å². The summed E-state index contributed by atoms with van der Waals surface area (Å²) in [5.41, 5.74) is 4.59. The predicted molar refractivity (Wildman–Crippen MR) is 122 cm³/mol. The van der Waals surface area contributed by atoms with E-state index < -0.39 is 5.56 Å².